The van der Waals surface area contributed by atoms with Crippen LogP contribution in [0.5, 0.6) is 0 Å². The van der Waals surface area contributed by atoms with Gasteiger partial charge in [-0.3, -0.25) is 14.4 Å². The maximum Gasteiger partial charge on any atom is 0.450 e. The van der Waals surface area contributed by atoms with Crippen LogP contribution in [-0.2, 0) is 11.0 Å². The van der Waals surface area contributed by atoms with E-state index in [-0.39, 0.29) is 42.1 Å². The number of aryl methyl sites for hydroxylation is 1. The average molecular weight is 588 g/mol. The minimum Gasteiger partial charge on any atom is -0.456 e. The number of Topliss-reactive ketones (excluding diaryl/α,β-unsaturated/α-hetero) is 1. The summed E-state index contributed by atoms with van der Waals surface area (Å²) in [6, 6.07) is -0.0749. The van der Waals surface area contributed by atoms with Crippen molar-refractivity contribution in [3.05, 3.63) is 29.0 Å². The van der Waals surface area contributed by atoms with E-state index in [1.54, 1.807) is 0 Å². The molecule has 10 nitrogen and oxygen atoms in total. The summed E-state index contributed by atoms with van der Waals surface area (Å²) in [5.41, 5.74) is -2.08. The lowest BCUT2D eigenvalue weighted by Crippen LogP contribution is -2.65. The molecule has 0 aliphatic heterocycles. The number of carbonyl (C=O) groups excluding carboxylic acids is 3. The summed E-state index contributed by atoms with van der Waals surface area (Å²) >= 11 is 1.29. The molecular formula is C26H36F3N5O5S. The van der Waals surface area contributed by atoms with Crippen molar-refractivity contribution in [3.8, 4) is 0 Å². The molecule has 0 radical (unpaired) electrons. The second kappa shape index (κ2) is 13.2. The molecule has 1 aliphatic carbocycles. The van der Waals surface area contributed by atoms with E-state index in [1.165, 1.54) is 23.6 Å². The Morgan fingerprint density at radius 1 is 1.18 bits per heavy atom. The largest absolute Gasteiger partial charge is 0.456 e. The third-order valence-corrected chi connectivity index (χ3v) is 7.51. The second-order valence-electron chi connectivity index (χ2n) is 10.7. The van der Waals surface area contributed by atoms with Gasteiger partial charge in [-0.25, -0.2) is 0 Å². The van der Waals surface area contributed by atoms with Crippen LogP contribution in [0.1, 0.15) is 84.9 Å². The smallest absolute Gasteiger partial charge is 0.450 e. The number of hydrogen-bond donors (Lipinski definition) is 1. The molecule has 2 aromatic rings. The van der Waals surface area contributed by atoms with Crippen LogP contribution >= 0.6 is 11.8 Å². The predicted molar refractivity (Wildman–Crippen MR) is 141 cm³/mol. The Morgan fingerprint density at radius 2 is 1.85 bits per heavy atom. The number of nitrogens with zero attached hydrogens (tertiary/aromatic N) is 4. The number of carbonyl (C=O) groups is 3. The van der Waals surface area contributed by atoms with Crippen molar-refractivity contribution in [2.24, 2.45) is 5.92 Å². The zero-order valence-corrected chi connectivity index (χ0v) is 24.2. The number of ketones is 1. The highest BCUT2D eigenvalue weighted by Crippen LogP contribution is 2.37. The Bertz CT molecular complexity index is 1170. The lowest BCUT2D eigenvalue weighted by atomic mass is 9.84. The number of nitrogens with one attached hydrogen (secondary N) is 1. The van der Waals surface area contributed by atoms with E-state index < -0.39 is 40.9 Å². The Morgan fingerprint density at radius 3 is 2.42 bits per heavy atom. The number of amides is 2. The van der Waals surface area contributed by atoms with Crippen LogP contribution in [0.2, 0.25) is 0 Å². The maximum atomic E-state index is 13.7. The minimum absolute atomic E-state index is 0.0574. The molecule has 1 aliphatic rings. The molecular weight excluding hydrogens is 551 g/mol. The lowest BCUT2D eigenvalue weighted by molar-refractivity contribution is -0.153. The van der Waals surface area contributed by atoms with Gasteiger partial charge in [0.05, 0.1) is 5.56 Å². The number of thioether (sulfide) groups is 1. The van der Waals surface area contributed by atoms with Crippen LogP contribution in [0.25, 0.3) is 0 Å². The molecule has 2 aromatic heterocycles. The quantitative estimate of drug-likeness (QED) is 0.153. The fourth-order valence-electron chi connectivity index (χ4n) is 4.85. The minimum atomic E-state index is -4.89. The van der Waals surface area contributed by atoms with Crippen molar-refractivity contribution in [1.29, 1.82) is 0 Å². The first-order valence-electron chi connectivity index (χ1n) is 13.2. The van der Waals surface area contributed by atoms with Gasteiger partial charge >= 0.3 is 6.18 Å². The van der Waals surface area contributed by atoms with Crippen molar-refractivity contribution >= 4 is 29.9 Å². The van der Waals surface area contributed by atoms with E-state index in [2.05, 4.69) is 15.5 Å². The van der Waals surface area contributed by atoms with Gasteiger partial charge < -0.3 is 24.0 Å². The fraction of sp³-hybridized carbons (Fsp3) is 0.654. The Labute approximate surface area is 235 Å². The molecule has 2 amide bonds. The standard InChI is InChI=1S/C26H36F3N5O5S/c1-16(2)13-19(20(36)23-31-32-24(39-23)40-12-11-33(4)5)34(15-35)25(9-7-6-8-10-25)30-22(37)18-14-17(3)38-21(18)26(27,28)29/h14-16,19H,6-13H2,1-5H3,(H,30,37). The third-order valence-electron chi connectivity index (χ3n) is 6.71. The lowest BCUT2D eigenvalue weighted by Gasteiger charge is -2.48. The first-order chi connectivity index (χ1) is 18.8. The van der Waals surface area contributed by atoms with Gasteiger partial charge in [-0.15, -0.1) is 10.2 Å². The Balaban J connectivity index is 1.95. The predicted octanol–water partition coefficient (Wildman–Crippen LogP) is 4.79. The molecule has 1 atom stereocenters. The van der Waals surface area contributed by atoms with Crippen LogP contribution in [0.4, 0.5) is 13.2 Å². The van der Waals surface area contributed by atoms with Crippen molar-refractivity contribution in [2.45, 2.75) is 82.4 Å². The summed E-state index contributed by atoms with van der Waals surface area (Å²) in [5, 5.41) is 10.8. The normalized spacial score (nSPS) is 16.2. The molecule has 2 heterocycles. The van der Waals surface area contributed by atoms with E-state index >= 15 is 0 Å². The van der Waals surface area contributed by atoms with E-state index in [0.717, 1.165) is 19.0 Å². The fourth-order valence-corrected chi connectivity index (χ4v) is 5.72. The number of aromatic nitrogens is 2. The van der Waals surface area contributed by atoms with Gasteiger partial charge in [-0.2, -0.15) is 13.2 Å². The zero-order valence-electron chi connectivity index (χ0n) is 23.3. The molecule has 0 aromatic carbocycles. The van der Waals surface area contributed by atoms with E-state index in [9.17, 15) is 27.6 Å². The monoisotopic (exact) mass is 587 g/mol. The van der Waals surface area contributed by atoms with Gasteiger partial charge in [-0.05, 0) is 65.1 Å². The molecule has 14 heteroatoms. The van der Waals surface area contributed by atoms with E-state index in [4.69, 9.17) is 8.83 Å². The van der Waals surface area contributed by atoms with Gasteiger partial charge in [0.25, 0.3) is 17.0 Å². The molecule has 1 unspecified atom stereocenters. The van der Waals surface area contributed by atoms with Crippen LogP contribution in [-0.4, -0.2) is 76.2 Å². The molecule has 222 valence electrons. The molecule has 0 saturated heterocycles. The summed E-state index contributed by atoms with van der Waals surface area (Å²) in [6.45, 7) is 5.81. The third kappa shape index (κ3) is 7.65. The summed E-state index contributed by atoms with van der Waals surface area (Å²) in [6.07, 6.45) is -1.69. The van der Waals surface area contributed by atoms with Crippen molar-refractivity contribution in [1.82, 2.24) is 25.3 Å². The van der Waals surface area contributed by atoms with Gasteiger partial charge in [-0.1, -0.05) is 32.0 Å². The average Bonchev–Trinajstić information content (AvgIpc) is 3.50. The number of hydrogen-bond acceptors (Lipinski definition) is 9. The van der Waals surface area contributed by atoms with Crippen LogP contribution < -0.4 is 5.32 Å². The van der Waals surface area contributed by atoms with Gasteiger partial charge in [0.2, 0.25) is 18.0 Å². The van der Waals surface area contributed by atoms with Crippen molar-refractivity contribution in [3.63, 3.8) is 0 Å². The second-order valence-corrected chi connectivity index (χ2v) is 11.7. The summed E-state index contributed by atoms with van der Waals surface area (Å²) < 4.78 is 51.2. The SMILES string of the molecule is Cc1cc(C(=O)NC2(N(C=O)C(CC(C)C)C(=O)c3nnc(SCCN(C)C)o3)CCCCC2)c(C(F)(F)F)o1. The van der Waals surface area contributed by atoms with Gasteiger partial charge in [0.15, 0.2) is 0 Å². The molecule has 0 bridgehead atoms. The maximum absolute atomic E-state index is 13.7. The molecule has 1 fully saturated rings. The van der Waals surface area contributed by atoms with E-state index in [1.807, 2.05) is 32.8 Å². The number of furan rings is 1. The van der Waals surface area contributed by atoms with Gasteiger partial charge in [0, 0.05) is 12.3 Å². The van der Waals surface area contributed by atoms with Crippen molar-refractivity contribution in [2.75, 3.05) is 26.4 Å². The number of alkyl halides is 3. The molecule has 0 spiro atoms. The van der Waals surface area contributed by atoms with Crippen LogP contribution in [0, 0.1) is 12.8 Å². The van der Waals surface area contributed by atoms with Crippen molar-refractivity contribution < 1.29 is 36.4 Å². The topological polar surface area (TPSA) is 122 Å². The first kappa shape index (κ1) is 31.7. The highest BCUT2D eigenvalue weighted by atomic mass is 32.2. The molecule has 1 N–H and O–H groups in total. The Kier molecular flexibility index (Phi) is 10.4. The molecule has 1 saturated carbocycles. The zero-order chi connectivity index (χ0) is 29.7. The number of rotatable bonds is 13. The summed E-state index contributed by atoms with van der Waals surface area (Å²) in [4.78, 5) is 42.9. The van der Waals surface area contributed by atoms with Gasteiger partial charge in [0.1, 0.15) is 17.5 Å². The number of halogens is 3. The molecule has 3 rings (SSSR count). The van der Waals surface area contributed by atoms with Crippen LogP contribution in [0.15, 0.2) is 20.1 Å². The summed E-state index contributed by atoms with van der Waals surface area (Å²) in [7, 11) is 3.84. The Hall–Kier alpha value is -2.87. The van der Waals surface area contributed by atoms with E-state index in [0.29, 0.717) is 25.0 Å². The molecule has 40 heavy (non-hydrogen) atoms. The highest BCUT2D eigenvalue weighted by Gasteiger charge is 2.47. The summed E-state index contributed by atoms with van der Waals surface area (Å²) in [5.74, 6) is -2.80. The first-order valence-corrected chi connectivity index (χ1v) is 14.1. The van der Waals surface area contributed by atoms with Crippen LogP contribution in [0.3, 0.4) is 0 Å². The highest BCUT2D eigenvalue weighted by molar-refractivity contribution is 7.99.